The van der Waals surface area contributed by atoms with Crippen LogP contribution < -0.4 is 16.0 Å². The lowest BCUT2D eigenvalue weighted by Crippen LogP contribution is -2.44. The molecule has 2 saturated heterocycles. The molecule has 2 amide bonds. The minimum atomic E-state index is -0.121. The molecule has 3 N–H and O–H groups in total. The number of pyridine rings is 1. The van der Waals surface area contributed by atoms with Gasteiger partial charge < -0.3 is 25.4 Å². The quantitative estimate of drug-likeness (QED) is 0.520. The second kappa shape index (κ2) is 8.92. The molecule has 35 heavy (non-hydrogen) atoms. The van der Waals surface area contributed by atoms with Gasteiger partial charge in [0.2, 0.25) is 5.95 Å². The fraction of sp³-hybridized carbons (Fsp3) is 0.480. The van der Waals surface area contributed by atoms with Crippen LogP contribution >= 0.6 is 0 Å². The van der Waals surface area contributed by atoms with Crippen LogP contribution in [0.2, 0.25) is 0 Å². The van der Waals surface area contributed by atoms with Gasteiger partial charge in [-0.15, -0.1) is 0 Å². The second-order valence-corrected chi connectivity index (χ2v) is 9.86. The molecule has 1 saturated carbocycles. The number of carbonyl (C=O) groups is 2. The van der Waals surface area contributed by atoms with Gasteiger partial charge in [0, 0.05) is 56.5 Å². The van der Waals surface area contributed by atoms with Crippen molar-refractivity contribution >= 4 is 34.6 Å². The van der Waals surface area contributed by atoms with Crippen molar-refractivity contribution < 1.29 is 9.59 Å². The van der Waals surface area contributed by atoms with E-state index >= 15 is 0 Å². The van der Waals surface area contributed by atoms with E-state index in [2.05, 4.69) is 30.5 Å². The molecule has 1 aliphatic carbocycles. The average molecular weight is 475 g/mol. The van der Waals surface area contributed by atoms with Gasteiger partial charge in [0.1, 0.15) is 17.2 Å². The van der Waals surface area contributed by atoms with Gasteiger partial charge in [-0.05, 0) is 43.4 Å². The number of hydrogen-bond donors (Lipinski definition) is 3. The molecular weight excluding hydrogens is 444 g/mol. The van der Waals surface area contributed by atoms with Crippen LogP contribution in [0, 0.1) is 5.92 Å². The van der Waals surface area contributed by atoms with E-state index in [1.165, 1.54) is 0 Å². The Morgan fingerprint density at radius 3 is 2.71 bits per heavy atom. The second-order valence-electron chi connectivity index (χ2n) is 9.86. The maximum absolute atomic E-state index is 13.0. The maximum Gasteiger partial charge on any atom is 0.267 e. The van der Waals surface area contributed by atoms with E-state index in [0.29, 0.717) is 35.0 Å². The smallest absolute Gasteiger partial charge is 0.267 e. The highest BCUT2D eigenvalue weighted by Gasteiger charge is 2.35. The van der Waals surface area contributed by atoms with E-state index in [-0.39, 0.29) is 17.9 Å². The third-order valence-electron chi connectivity index (χ3n) is 7.50. The summed E-state index contributed by atoms with van der Waals surface area (Å²) in [6.45, 7) is 2.55. The first-order chi connectivity index (χ1) is 17.1. The van der Waals surface area contributed by atoms with Gasteiger partial charge in [0.05, 0.1) is 5.56 Å². The van der Waals surface area contributed by atoms with E-state index < -0.39 is 0 Å². The van der Waals surface area contributed by atoms with Gasteiger partial charge in [0.25, 0.3) is 11.8 Å². The molecule has 3 aromatic rings. The molecule has 0 unspecified atom stereocenters. The zero-order valence-electron chi connectivity index (χ0n) is 19.8. The first-order valence-electron chi connectivity index (χ1n) is 12.4. The van der Waals surface area contributed by atoms with Crippen LogP contribution in [0.5, 0.6) is 0 Å². The number of piperidine rings is 1. The monoisotopic (exact) mass is 474 g/mol. The number of fused-ring (bicyclic) bond motifs is 3. The highest BCUT2D eigenvalue weighted by molar-refractivity contribution is 5.98. The minimum absolute atomic E-state index is 0.0243. The average Bonchev–Trinajstić information content (AvgIpc) is 3.62. The largest absolute Gasteiger partial charge is 0.354 e. The number of rotatable bonds is 5. The van der Waals surface area contributed by atoms with Gasteiger partial charge in [0.15, 0.2) is 0 Å². The van der Waals surface area contributed by atoms with Gasteiger partial charge >= 0.3 is 0 Å². The molecule has 10 heteroatoms. The summed E-state index contributed by atoms with van der Waals surface area (Å²) in [5.41, 5.74) is 1.94. The summed E-state index contributed by atoms with van der Waals surface area (Å²) in [5, 5.41) is 10.2. The van der Waals surface area contributed by atoms with E-state index in [1.807, 2.05) is 11.0 Å². The molecular formula is C25H30N8O2. The summed E-state index contributed by atoms with van der Waals surface area (Å²) in [6, 6.07) is 6.10. The number of nitrogens with one attached hydrogen (secondary N) is 3. The van der Waals surface area contributed by atoms with Crippen molar-refractivity contribution in [3.05, 3.63) is 41.9 Å². The number of anilines is 2. The lowest BCUT2D eigenvalue weighted by Gasteiger charge is -2.31. The van der Waals surface area contributed by atoms with E-state index in [0.717, 1.165) is 62.8 Å². The van der Waals surface area contributed by atoms with Gasteiger partial charge in [-0.2, -0.15) is 4.98 Å². The van der Waals surface area contributed by atoms with Crippen LogP contribution in [0.3, 0.4) is 0 Å². The predicted octanol–water partition coefficient (Wildman–Crippen LogP) is 2.48. The van der Waals surface area contributed by atoms with Crippen molar-refractivity contribution in [2.24, 2.45) is 5.92 Å². The van der Waals surface area contributed by atoms with Crippen LogP contribution in [-0.2, 0) is 0 Å². The molecule has 3 fully saturated rings. The van der Waals surface area contributed by atoms with E-state index in [4.69, 9.17) is 4.98 Å². The third kappa shape index (κ3) is 4.12. The summed E-state index contributed by atoms with van der Waals surface area (Å²) in [4.78, 5) is 41.1. The molecule has 5 heterocycles. The molecule has 2 bridgehead atoms. The van der Waals surface area contributed by atoms with Gasteiger partial charge in [-0.1, -0.05) is 12.8 Å². The fourth-order valence-corrected chi connectivity index (χ4v) is 5.79. The van der Waals surface area contributed by atoms with Crippen molar-refractivity contribution in [2.45, 2.75) is 44.2 Å². The Bertz CT molecular complexity index is 1250. The van der Waals surface area contributed by atoms with Crippen molar-refractivity contribution in [1.82, 2.24) is 35.1 Å². The Kier molecular flexibility index (Phi) is 5.60. The Morgan fingerprint density at radius 1 is 1.11 bits per heavy atom. The Labute approximate surface area is 203 Å². The molecule has 6 rings (SSSR count). The summed E-state index contributed by atoms with van der Waals surface area (Å²) in [5.74, 6) is 1.42. The number of carbonyl (C=O) groups excluding carboxylic acids is 2. The molecule has 2 atom stereocenters. The van der Waals surface area contributed by atoms with E-state index in [1.54, 1.807) is 31.6 Å². The summed E-state index contributed by atoms with van der Waals surface area (Å²) < 4.78 is 2.06. The van der Waals surface area contributed by atoms with Crippen LogP contribution in [-0.4, -0.2) is 69.0 Å². The van der Waals surface area contributed by atoms with Gasteiger partial charge in [-0.25, -0.2) is 9.97 Å². The molecule has 0 radical (unpaired) electrons. The highest BCUT2D eigenvalue weighted by atomic mass is 16.2. The zero-order chi connectivity index (χ0) is 23.9. The number of amides is 2. The fourth-order valence-electron chi connectivity index (χ4n) is 5.79. The topological polar surface area (TPSA) is 117 Å². The highest BCUT2D eigenvalue weighted by Crippen LogP contribution is 2.34. The Morgan fingerprint density at radius 2 is 1.97 bits per heavy atom. The lowest BCUT2D eigenvalue weighted by atomic mass is 9.99. The van der Waals surface area contributed by atoms with Crippen molar-refractivity contribution in [1.29, 1.82) is 0 Å². The van der Waals surface area contributed by atoms with Crippen molar-refractivity contribution in [3.63, 3.8) is 0 Å². The third-order valence-corrected chi connectivity index (χ3v) is 7.50. The molecule has 3 aliphatic rings. The molecule has 2 aliphatic heterocycles. The standard InChI is InChI=1S/C25H30N8O2/c1-26-23(34)20-9-17-12-29-25(31-22(17)33(20)19-4-2-3-5-19)30-21-7-6-16(11-28-21)24(35)32-13-15-8-18(14-32)27-10-15/h6-7,9,11-12,15,18-19,27H,2-5,8,10,13-14H2,1H3,(H,26,34)(H,28,29,30,31)/t15-,18-/m0/s1. The predicted molar refractivity (Wildman–Crippen MR) is 132 cm³/mol. The molecule has 3 aromatic heterocycles. The molecule has 182 valence electrons. The van der Waals surface area contributed by atoms with Gasteiger partial charge in [-0.3, -0.25) is 9.59 Å². The van der Waals surface area contributed by atoms with Crippen LogP contribution in [0.15, 0.2) is 30.6 Å². The van der Waals surface area contributed by atoms with Crippen molar-refractivity contribution in [3.8, 4) is 0 Å². The Balaban J connectivity index is 1.23. The van der Waals surface area contributed by atoms with Crippen LogP contribution in [0.25, 0.3) is 11.0 Å². The SMILES string of the molecule is CNC(=O)c1cc2cnc(Nc3ccc(C(=O)N4C[C@@H]5CN[C@@H](C5)C4)cn3)nc2n1C1CCCC1. The van der Waals surface area contributed by atoms with E-state index in [9.17, 15) is 9.59 Å². The lowest BCUT2D eigenvalue weighted by molar-refractivity contribution is 0.0691. The molecule has 0 aromatic carbocycles. The molecule has 10 nitrogen and oxygen atoms in total. The summed E-state index contributed by atoms with van der Waals surface area (Å²) in [6.07, 6.45) is 8.87. The number of hydrogen-bond acceptors (Lipinski definition) is 7. The number of aromatic nitrogens is 4. The summed E-state index contributed by atoms with van der Waals surface area (Å²) in [7, 11) is 1.64. The normalized spacial score (nSPS) is 22.0. The first kappa shape index (κ1) is 22.0. The number of nitrogens with zero attached hydrogens (tertiary/aromatic N) is 5. The zero-order valence-corrected chi connectivity index (χ0v) is 19.8. The first-order valence-corrected chi connectivity index (χ1v) is 12.4. The number of likely N-dealkylation sites (tertiary alicyclic amines) is 1. The summed E-state index contributed by atoms with van der Waals surface area (Å²) >= 11 is 0. The maximum atomic E-state index is 13.0. The minimum Gasteiger partial charge on any atom is -0.354 e. The van der Waals surface area contributed by atoms with Crippen molar-refractivity contribution in [2.75, 3.05) is 32.0 Å². The van der Waals surface area contributed by atoms with Crippen LogP contribution in [0.1, 0.15) is 59.0 Å². The molecule has 0 spiro atoms. The van der Waals surface area contributed by atoms with Crippen LogP contribution in [0.4, 0.5) is 11.8 Å². The Hall–Kier alpha value is -3.53.